The highest BCUT2D eigenvalue weighted by atomic mass is 32.1. The van der Waals surface area contributed by atoms with Gasteiger partial charge in [0, 0.05) is 31.2 Å². The van der Waals surface area contributed by atoms with Crippen LogP contribution in [0.5, 0.6) is 0 Å². The molecule has 0 aliphatic carbocycles. The number of unbranched alkanes of at least 4 members (excludes halogenated alkanes) is 1. The lowest BCUT2D eigenvalue weighted by molar-refractivity contribution is 0.691. The summed E-state index contributed by atoms with van der Waals surface area (Å²) < 4.78 is 0. The third kappa shape index (κ3) is 5.96. The molecule has 2 N–H and O–H groups in total. The average Bonchev–Trinajstić information content (AvgIpc) is 3.02. The summed E-state index contributed by atoms with van der Waals surface area (Å²) in [5.74, 6) is 0.867. The summed E-state index contributed by atoms with van der Waals surface area (Å²) in [5.41, 5.74) is 3.85. The number of hydrogen-bond donors (Lipinski definition) is 2. The summed E-state index contributed by atoms with van der Waals surface area (Å²) >= 11 is 1.76. The van der Waals surface area contributed by atoms with Gasteiger partial charge in [-0.05, 0) is 43.7 Å². The average molecular weight is 345 g/mol. The smallest absolute Gasteiger partial charge is 0.191 e. The van der Waals surface area contributed by atoms with Crippen molar-refractivity contribution in [2.45, 2.75) is 46.1 Å². The molecule has 4 nitrogen and oxygen atoms in total. The summed E-state index contributed by atoms with van der Waals surface area (Å²) in [6, 6.07) is 8.55. The zero-order valence-corrected chi connectivity index (χ0v) is 15.7. The molecule has 0 aliphatic rings. The highest BCUT2D eigenvalue weighted by Crippen LogP contribution is 2.11. The van der Waals surface area contributed by atoms with Crippen molar-refractivity contribution in [3.8, 4) is 0 Å². The molecule has 0 radical (unpaired) electrons. The molecule has 130 valence electrons. The van der Waals surface area contributed by atoms with Crippen LogP contribution in [0, 0.1) is 6.92 Å². The molecule has 2 rings (SSSR count). The Morgan fingerprint density at radius 1 is 1.17 bits per heavy atom. The third-order valence-electron chi connectivity index (χ3n) is 3.95. The molecule has 0 unspecified atom stereocenters. The van der Waals surface area contributed by atoms with Crippen molar-refractivity contribution in [3.63, 3.8) is 0 Å². The van der Waals surface area contributed by atoms with E-state index in [9.17, 15) is 0 Å². The molecular weight excluding hydrogens is 316 g/mol. The summed E-state index contributed by atoms with van der Waals surface area (Å²) in [4.78, 5) is 8.80. The van der Waals surface area contributed by atoms with E-state index in [0.717, 1.165) is 50.4 Å². The topological polar surface area (TPSA) is 49.3 Å². The largest absolute Gasteiger partial charge is 0.356 e. The van der Waals surface area contributed by atoms with Crippen molar-refractivity contribution in [2.24, 2.45) is 4.99 Å². The van der Waals surface area contributed by atoms with Crippen molar-refractivity contribution in [3.05, 3.63) is 51.5 Å². The Balaban J connectivity index is 1.67. The zero-order chi connectivity index (χ0) is 17.2. The van der Waals surface area contributed by atoms with Gasteiger partial charge >= 0.3 is 0 Å². The van der Waals surface area contributed by atoms with Gasteiger partial charge in [0.25, 0.3) is 0 Å². The van der Waals surface area contributed by atoms with Crippen LogP contribution in [0.3, 0.4) is 0 Å². The lowest BCUT2D eigenvalue weighted by Gasteiger charge is -2.13. The third-order valence-corrected chi connectivity index (χ3v) is 4.97. The van der Waals surface area contributed by atoms with E-state index in [1.54, 1.807) is 11.3 Å². The van der Waals surface area contributed by atoms with E-state index in [0.29, 0.717) is 0 Å². The first-order valence-corrected chi connectivity index (χ1v) is 9.53. The Bertz CT molecular complexity index is 648. The van der Waals surface area contributed by atoms with Crippen molar-refractivity contribution in [1.29, 1.82) is 0 Å². The standard InChI is InChI=1S/C19H28N4S/c1-4-16-9-5-6-10-17(16)13-22-19(20-3)21-12-8-7-11-18-23-15(2)14-24-18/h5-6,9-10,14H,4,7-8,11-13H2,1-3H3,(H2,20,21,22). The monoisotopic (exact) mass is 344 g/mol. The van der Waals surface area contributed by atoms with E-state index < -0.39 is 0 Å². The maximum absolute atomic E-state index is 4.50. The lowest BCUT2D eigenvalue weighted by atomic mass is 10.1. The number of aromatic nitrogens is 1. The van der Waals surface area contributed by atoms with Gasteiger partial charge in [-0.3, -0.25) is 4.99 Å². The number of guanidine groups is 1. The van der Waals surface area contributed by atoms with Crippen molar-refractivity contribution >= 4 is 17.3 Å². The van der Waals surface area contributed by atoms with Crippen LogP contribution in [0.1, 0.15) is 41.6 Å². The van der Waals surface area contributed by atoms with Gasteiger partial charge < -0.3 is 10.6 Å². The number of nitrogens with zero attached hydrogens (tertiary/aromatic N) is 2. The minimum Gasteiger partial charge on any atom is -0.356 e. The Kier molecular flexibility index (Phi) is 7.75. The van der Waals surface area contributed by atoms with Crippen LogP contribution in [0.15, 0.2) is 34.6 Å². The first kappa shape index (κ1) is 18.5. The van der Waals surface area contributed by atoms with Gasteiger partial charge in [0.15, 0.2) is 5.96 Å². The molecule has 1 aromatic heterocycles. The highest BCUT2D eigenvalue weighted by molar-refractivity contribution is 7.09. The lowest BCUT2D eigenvalue weighted by Crippen LogP contribution is -2.37. The van der Waals surface area contributed by atoms with E-state index in [1.807, 2.05) is 14.0 Å². The molecule has 0 spiro atoms. The van der Waals surface area contributed by atoms with E-state index in [4.69, 9.17) is 0 Å². The Morgan fingerprint density at radius 2 is 1.96 bits per heavy atom. The van der Waals surface area contributed by atoms with Gasteiger partial charge in [0.05, 0.1) is 5.01 Å². The maximum atomic E-state index is 4.50. The van der Waals surface area contributed by atoms with Gasteiger partial charge in [-0.1, -0.05) is 31.2 Å². The van der Waals surface area contributed by atoms with Crippen molar-refractivity contribution in [2.75, 3.05) is 13.6 Å². The number of hydrogen-bond acceptors (Lipinski definition) is 3. The predicted molar refractivity (Wildman–Crippen MR) is 104 cm³/mol. The minimum absolute atomic E-state index is 0.808. The van der Waals surface area contributed by atoms with Gasteiger partial charge in [0.1, 0.15) is 0 Å². The summed E-state index contributed by atoms with van der Waals surface area (Å²) in [7, 11) is 1.82. The van der Waals surface area contributed by atoms with E-state index in [2.05, 4.69) is 57.2 Å². The summed E-state index contributed by atoms with van der Waals surface area (Å²) in [6.45, 7) is 5.98. The molecule has 0 bridgehead atoms. The molecule has 1 heterocycles. The minimum atomic E-state index is 0.808. The van der Waals surface area contributed by atoms with Gasteiger partial charge in [0.2, 0.25) is 0 Å². The Hall–Kier alpha value is -1.88. The number of aliphatic imine (C=N–C) groups is 1. The molecule has 2 aromatic rings. The first-order valence-electron chi connectivity index (χ1n) is 8.65. The Labute approximate surface area is 149 Å². The van der Waals surface area contributed by atoms with Crippen LogP contribution < -0.4 is 10.6 Å². The fourth-order valence-electron chi connectivity index (χ4n) is 2.60. The number of thiazole rings is 1. The molecule has 1 aromatic carbocycles. The number of aryl methyl sites for hydroxylation is 3. The quantitative estimate of drug-likeness (QED) is 0.436. The first-order chi connectivity index (χ1) is 11.7. The van der Waals surface area contributed by atoms with E-state index in [-0.39, 0.29) is 0 Å². The molecule has 24 heavy (non-hydrogen) atoms. The van der Waals surface area contributed by atoms with Gasteiger partial charge in [-0.15, -0.1) is 11.3 Å². The predicted octanol–water partition coefficient (Wildman–Crippen LogP) is 3.70. The summed E-state index contributed by atoms with van der Waals surface area (Å²) in [5, 5.41) is 10.2. The van der Waals surface area contributed by atoms with Crippen LogP contribution in [-0.4, -0.2) is 24.5 Å². The van der Waals surface area contributed by atoms with E-state index in [1.165, 1.54) is 16.1 Å². The second-order valence-corrected chi connectivity index (χ2v) is 6.76. The van der Waals surface area contributed by atoms with Gasteiger partial charge in [-0.2, -0.15) is 0 Å². The van der Waals surface area contributed by atoms with Crippen molar-refractivity contribution in [1.82, 2.24) is 15.6 Å². The molecule has 0 saturated heterocycles. The zero-order valence-electron chi connectivity index (χ0n) is 14.9. The van der Waals surface area contributed by atoms with Crippen LogP contribution in [-0.2, 0) is 19.4 Å². The van der Waals surface area contributed by atoms with Crippen LogP contribution >= 0.6 is 11.3 Å². The van der Waals surface area contributed by atoms with E-state index >= 15 is 0 Å². The number of rotatable bonds is 8. The number of benzene rings is 1. The van der Waals surface area contributed by atoms with Crippen LogP contribution in [0.25, 0.3) is 0 Å². The SMILES string of the molecule is CCc1ccccc1CNC(=NC)NCCCCc1nc(C)cs1. The fourth-order valence-corrected chi connectivity index (χ4v) is 3.42. The van der Waals surface area contributed by atoms with Crippen molar-refractivity contribution < 1.29 is 0 Å². The molecule has 0 aliphatic heterocycles. The highest BCUT2D eigenvalue weighted by Gasteiger charge is 2.02. The molecule has 0 amide bonds. The molecular formula is C19H28N4S. The number of nitrogens with one attached hydrogen (secondary N) is 2. The molecule has 5 heteroatoms. The van der Waals surface area contributed by atoms with Crippen LogP contribution in [0.4, 0.5) is 0 Å². The normalized spacial score (nSPS) is 11.5. The molecule has 0 atom stereocenters. The summed E-state index contributed by atoms with van der Waals surface area (Å²) in [6.07, 6.45) is 4.39. The second kappa shape index (κ2) is 10.1. The maximum Gasteiger partial charge on any atom is 0.191 e. The van der Waals surface area contributed by atoms with Crippen LogP contribution in [0.2, 0.25) is 0 Å². The fraction of sp³-hybridized carbons (Fsp3) is 0.474. The molecule has 0 fully saturated rings. The van der Waals surface area contributed by atoms with Gasteiger partial charge in [-0.25, -0.2) is 4.98 Å². The molecule has 0 saturated carbocycles. The Morgan fingerprint density at radius 3 is 2.62 bits per heavy atom. The second-order valence-electron chi connectivity index (χ2n) is 5.81.